The number of aliphatic carboxylic acids is 1. The average molecular weight is 250 g/mol. The van der Waals surface area contributed by atoms with Crippen molar-refractivity contribution in [2.45, 2.75) is 18.6 Å². The Morgan fingerprint density at radius 2 is 2.07 bits per heavy atom. The zero-order valence-corrected chi connectivity index (χ0v) is 11.7. The molecule has 0 saturated heterocycles. The summed E-state index contributed by atoms with van der Waals surface area (Å²) in [6.07, 6.45) is -0.0176. The van der Waals surface area contributed by atoms with Crippen LogP contribution in [0.15, 0.2) is 0 Å². The van der Waals surface area contributed by atoms with Crippen LogP contribution in [0.25, 0.3) is 0 Å². The SMILES string of the molecule is CC(CSCCC(=O)O)S(=O)(=O)[O-].[Na+]. The van der Waals surface area contributed by atoms with E-state index in [0.717, 1.165) is 11.8 Å². The van der Waals surface area contributed by atoms with E-state index in [1.54, 1.807) is 0 Å². The van der Waals surface area contributed by atoms with Gasteiger partial charge < -0.3 is 9.66 Å². The molecule has 0 aromatic rings. The number of hydrogen-bond acceptors (Lipinski definition) is 5. The number of hydrogen-bond donors (Lipinski definition) is 1. The second-order valence-corrected chi connectivity index (χ2v) is 5.46. The van der Waals surface area contributed by atoms with Crippen LogP contribution in [0.2, 0.25) is 0 Å². The first-order valence-electron chi connectivity index (χ1n) is 3.58. The third-order valence-corrected chi connectivity index (χ3v) is 3.90. The monoisotopic (exact) mass is 250 g/mol. The van der Waals surface area contributed by atoms with Gasteiger partial charge in [0.1, 0.15) is 0 Å². The Balaban J connectivity index is 0. The molecule has 14 heavy (non-hydrogen) atoms. The molecule has 0 amide bonds. The van der Waals surface area contributed by atoms with Crippen LogP contribution in [0.1, 0.15) is 13.3 Å². The van der Waals surface area contributed by atoms with Gasteiger partial charge in [0.05, 0.1) is 21.8 Å². The summed E-state index contributed by atoms with van der Waals surface area (Å²) in [5.74, 6) is -0.445. The Bertz CT molecular complexity index is 263. The molecule has 0 aromatic carbocycles. The summed E-state index contributed by atoms with van der Waals surface area (Å²) in [4.78, 5) is 10.0. The summed E-state index contributed by atoms with van der Waals surface area (Å²) in [7, 11) is -4.22. The Labute approximate surface area is 110 Å². The summed E-state index contributed by atoms with van der Waals surface area (Å²) in [5.41, 5.74) is 0. The second-order valence-electron chi connectivity index (χ2n) is 2.52. The average Bonchev–Trinajstić information content (AvgIpc) is 1.95. The molecule has 1 N–H and O–H groups in total. The predicted molar refractivity (Wildman–Crippen MR) is 48.7 cm³/mol. The van der Waals surface area contributed by atoms with Crippen LogP contribution in [-0.4, -0.2) is 40.8 Å². The predicted octanol–water partition coefficient (Wildman–Crippen LogP) is -2.87. The van der Waals surface area contributed by atoms with Crippen molar-refractivity contribution >= 4 is 27.8 Å². The summed E-state index contributed by atoms with van der Waals surface area (Å²) in [5, 5.41) is 7.29. The molecule has 0 fully saturated rings. The molecule has 0 bridgehead atoms. The molecule has 5 nitrogen and oxygen atoms in total. The van der Waals surface area contributed by atoms with Crippen molar-refractivity contribution < 1.29 is 52.4 Å². The molecule has 0 spiro atoms. The normalized spacial score (nSPS) is 13.0. The molecule has 78 valence electrons. The molecule has 1 atom stereocenters. The molecule has 0 saturated carbocycles. The fourth-order valence-electron chi connectivity index (χ4n) is 0.492. The van der Waals surface area contributed by atoms with E-state index in [4.69, 9.17) is 5.11 Å². The van der Waals surface area contributed by atoms with Crippen LogP contribution in [-0.2, 0) is 14.9 Å². The van der Waals surface area contributed by atoms with Gasteiger partial charge in [-0.2, -0.15) is 11.8 Å². The summed E-state index contributed by atoms with van der Waals surface area (Å²) >= 11 is 1.16. The molecule has 0 heterocycles. The maximum absolute atomic E-state index is 10.4. The fourth-order valence-corrected chi connectivity index (χ4v) is 2.27. The van der Waals surface area contributed by atoms with Gasteiger partial charge in [0.25, 0.3) is 0 Å². The molecular weight excluding hydrogens is 239 g/mol. The van der Waals surface area contributed by atoms with Crippen LogP contribution < -0.4 is 29.6 Å². The van der Waals surface area contributed by atoms with Gasteiger partial charge in [0, 0.05) is 11.5 Å². The van der Waals surface area contributed by atoms with Crippen molar-refractivity contribution in [3.63, 3.8) is 0 Å². The maximum Gasteiger partial charge on any atom is 1.00 e. The van der Waals surface area contributed by atoms with Crippen molar-refractivity contribution in [1.29, 1.82) is 0 Å². The third kappa shape index (κ3) is 9.29. The molecule has 0 aliphatic heterocycles. The Morgan fingerprint density at radius 1 is 1.57 bits per heavy atom. The molecule has 0 aliphatic rings. The quantitative estimate of drug-likeness (QED) is 0.309. The van der Waals surface area contributed by atoms with Crippen LogP contribution in [0.5, 0.6) is 0 Å². The minimum Gasteiger partial charge on any atom is -0.748 e. The van der Waals surface area contributed by atoms with Gasteiger partial charge in [-0.05, 0) is 6.92 Å². The second kappa shape index (κ2) is 7.95. The minimum absolute atomic E-state index is 0. The molecule has 0 rings (SSSR count). The van der Waals surface area contributed by atoms with E-state index >= 15 is 0 Å². The topological polar surface area (TPSA) is 94.5 Å². The number of carboxylic acids is 1. The molecule has 0 aromatic heterocycles. The molecule has 0 radical (unpaired) electrons. The molecule has 0 aliphatic carbocycles. The van der Waals surface area contributed by atoms with E-state index in [1.807, 2.05) is 0 Å². The molecular formula is C6H11NaO5S2. The Hall–Kier alpha value is 0.730. The first kappa shape index (κ1) is 17.1. The number of rotatable bonds is 6. The largest absolute Gasteiger partial charge is 1.00 e. The van der Waals surface area contributed by atoms with Gasteiger partial charge in [0.2, 0.25) is 0 Å². The summed E-state index contributed by atoms with van der Waals surface area (Å²) in [6, 6.07) is 0. The van der Waals surface area contributed by atoms with E-state index in [0.29, 0.717) is 5.75 Å². The maximum atomic E-state index is 10.4. The van der Waals surface area contributed by atoms with E-state index in [2.05, 4.69) is 0 Å². The van der Waals surface area contributed by atoms with Gasteiger partial charge in [-0.3, -0.25) is 4.79 Å². The first-order chi connectivity index (χ1) is 5.84. The van der Waals surface area contributed by atoms with Crippen molar-refractivity contribution in [3.8, 4) is 0 Å². The minimum atomic E-state index is -4.22. The van der Waals surface area contributed by atoms with Crippen molar-refractivity contribution in [2.75, 3.05) is 11.5 Å². The fraction of sp³-hybridized carbons (Fsp3) is 0.833. The molecule has 1 unspecified atom stereocenters. The number of thioether (sulfide) groups is 1. The number of carbonyl (C=O) groups is 1. The van der Waals surface area contributed by atoms with E-state index in [1.165, 1.54) is 6.92 Å². The standard InChI is InChI=1S/C6H12O5S2.Na/c1-5(13(9,10)11)4-12-3-2-6(7)8;/h5H,2-4H2,1H3,(H,7,8)(H,9,10,11);/q;+1/p-1. The van der Waals surface area contributed by atoms with E-state index < -0.39 is 21.3 Å². The van der Waals surface area contributed by atoms with Crippen LogP contribution in [0.3, 0.4) is 0 Å². The van der Waals surface area contributed by atoms with E-state index in [9.17, 15) is 17.8 Å². The molecule has 8 heteroatoms. The van der Waals surface area contributed by atoms with Crippen LogP contribution in [0.4, 0.5) is 0 Å². The Kier molecular flexibility index (Phi) is 9.73. The zero-order valence-electron chi connectivity index (χ0n) is 8.10. The van der Waals surface area contributed by atoms with Gasteiger partial charge in [0.15, 0.2) is 0 Å². The smallest absolute Gasteiger partial charge is 0.748 e. The van der Waals surface area contributed by atoms with Gasteiger partial charge >= 0.3 is 35.5 Å². The zero-order chi connectivity index (χ0) is 10.5. The first-order valence-corrected chi connectivity index (χ1v) is 6.21. The van der Waals surface area contributed by atoms with Crippen LogP contribution in [0, 0.1) is 0 Å². The summed E-state index contributed by atoms with van der Waals surface area (Å²) in [6.45, 7) is 1.32. The summed E-state index contributed by atoms with van der Waals surface area (Å²) < 4.78 is 31.1. The van der Waals surface area contributed by atoms with Gasteiger partial charge in [-0.1, -0.05) is 0 Å². The third-order valence-electron chi connectivity index (χ3n) is 1.31. The van der Waals surface area contributed by atoms with Gasteiger partial charge in [-0.15, -0.1) is 0 Å². The van der Waals surface area contributed by atoms with Crippen molar-refractivity contribution in [2.24, 2.45) is 0 Å². The number of carboxylic acid groups (broad SMARTS) is 1. The van der Waals surface area contributed by atoms with Gasteiger partial charge in [-0.25, -0.2) is 8.42 Å². The van der Waals surface area contributed by atoms with Crippen molar-refractivity contribution in [1.82, 2.24) is 0 Å². The van der Waals surface area contributed by atoms with Crippen molar-refractivity contribution in [3.05, 3.63) is 0 Å². The Morgan fingerprint density at radius 3 is 2.43 bits per heavy atom. The van der Waals surface area contributed by atoms with E-state index in [-0.39, 0.29) is 41.7 Å². The van der Waals surface area contributed by atoms with Crippen LogP contribution >= 0.6 is 11.8 Å².